The van der Waals surface area contributed by atoms with Gasteiger partial charge in [-0.2, -0.15) is 13.2 Å². The van der Waals surface area contributed by atoms with Gasteiger partial charge in [0.05, 0.1) is 32.7 Å². The van der Waals surface area contributed by atoms with Crippen molar-refractivity contribution in [3.8, 4) is 0 Å². The predicted octanol–water partition coefficient (Wildman–Crippen LogP) is 7.40. The van der Waals surface area contributed by atoms with Gasteiger partial charge in [-0.15, -0.1) is 0 Å². The fraction of sp³-hybridized carbons (Fsp3) is 0.444. The van der Waals surface area contributed by atoms with Gasteiger partial charge in [0.1, 0.15) is 5.52 Å². The van der Waals surface area contributed by atoms with Gasteiger partial charge in [-0.3, -0.25) is 9.59 Å². The molecule has 222 valence electrons. The monoisotopic (exact) mass is 619 g/mol. The molecule has 41 heavy (non-hydrogen) atoms. The molecular weight excluding hydrogens is 592 g/mol. The molecule has 14 heteroatoms. The lowest BCUT2D eigenvalue weighted by Crippen LogP contribution is -2.40. The van der Waals surface area contributed by atoms with Crippen LogP contribution in [-0.2, 0) is 11.3 Å². The van der Waals surface area contributed by atoms with Crippen molar-refractivity contribution < 1.29 is 31.5 Å². The van der Waals surface area contributed by atoms with Crippen molar-refractivity contribution >= 4 is 57.7 Å². The first-order chi connectivity index (χ1) is 19.1. The van der Waals surface area contributed by atoms with E-state index in [0.717, 1.165) is 6.07 Å². The molecular formula is C27H28Cl2F5N5O2. The molecule has 3 aromatic rings. The second-order valence-corrected chi connectivity index (χ2v) is 11.8. The summed E-state index contributed by atoms with van der Waals surface area (Å²) < 4.78 is 68.6. The molecule has 1 fully saturated rings. The number of aromatic amines is 1. The third kappa shape index (κ3) is 6.86. The number of carbonyl (C=O) groups excluding carboxylic acids is 2. The first-order valence-corrected chi connectivity index (χ1v) is 13.6. The second-order valence-electron chi connectivity index (χ2n) is 11.1. The molecule has 1 aliphatic carbocycles. The molecule has 2 aromatic carbocycles. The number of aromatic nitrogens is 2. The summed E-state index contributed by atoms with van der Waals surface area (Å²) in [4.78, 5) is 31.8. The fourth-order valence-electron chi connectivity index (χ4n) is 4.55. The molecule has 2 amide bonds. The number of hydrogen-bond acceptors (Lipinski definition) is 4. The lowest BCUT2D eigenvalue weighted by atomic mass is 9.85. The third-order valence-electron chi connectivity index (χ3n) is 6.96. The number of halogens is 7. The zero-order valence-electron chi connectivity index (χ0n) is 22.3. The Morgan fingerprint density at radius 3 is 2.32 bits per heavy atom. The number of carbonyl (C=O) groups is 2. The Bertz CT molecular complexity index is 1480. The van der Waals surface area contributed by atoms with Gasteiger partial charge >= 0.3 is 6.18 Å². The topological polar surface area (TPSA) is 98.9 Å². The Morgan fingerprint density at radius 1 is 1.05 bits per heavy atom. The summed E-state index contributed by atoms with van der Waals surface area (Å²) in [5.41, 5.74) is -0.909. The number of alkyl halides is 3. The maximum absolute atomic E-state index is 14.9. The van der Waals surface area contributed by atoms with Crippen LogP contribution in [0.1, 0.15) is 62.4 Å². The van der Waals surface area contributed by atoms with Crippen molar-refractivity contribution in [1.29, 1.82) is 0 Å². The van der Waals surface area contributed by atoms with Crippen molar-refractivity contribution in [3.63, 3.8) is 0 Å². The summed E-state index contributed by atoms with van der Waals surface area (Å²) >= 11 is 12.8. The van der Waals surface area contributed by atoms with E-state index in [2.05, 4.69) is 25.9 Å². The highest BCUT2D eigenvalue weighted by Gasteiger charge is 2.41. The average molecular weight is 620 g/mol. The summed E-state index contributed by atoms with van der Waals surface area (Å²) in [5, 5.41) is 8.49. The average Bonchev–Trinajstić information content (AvgIpc) is 3.30. The van der Waals surface area contributed by atoms with E-state index < -0.39 is 52.2 Å². The minimum absolute atomic E-state index is 0.0156. The number of H-pyrrole nitrogens is 1. The van der Waals surface area contributed by atoms with Crippen LogP contribution in [-0.4, -0.2) is 34.0 Å². The van der Waals surface area contributed by atoms with E-state index in [1.807, 2.05) is 0 Å². The van der Waals surface area contributed by atoms with Crippen LogP contribution in [0.3, 0.4) is 0 Å². The van der Waals surface area contributed by atoms with Crippen molar-refractivity contribution in [2.24, 2.45) is 11.3 Å². The number of fused-ring (bicyclic) bond motifs is 1. The summed E-state index contributed by atoms with van der Waals surface area (Å²) in [5.74, 6) is -5.46. The van der Waals surface area contributed by atoms with Crippen molar-refractivity contribution in [1.82, 2.24) is 20.6 Å². The first-order valence-electron chi connectivity index (χ1n) is 12.8. The largest absolute Gasteiger partial charge is 0.391 e. The molecule has 0 bridgehead atoms. The van der Waals surface area contributed by atoms with Gasteiger partial charge in [-0.05, 0) is 43.4 Å². The number of benzene rings is 2. The van der Waals surface area contributed by atoms with Crippen LogP contribution in [0.15, 0.2) is 18.2 Å². The van der Waals surface area contributed by atoms with Gasteiger partial charge in [-0.1, -0.05) is 50.0 Å². The van der Waals surface area contributed by atoms with E-state index in [1.165, 1.54) is 0 Å². The smallest absolute Gasteiger partial charge is 0.352 e. The lowest BCUT2D eigenvalue weighted by molar-refractivity contribution is -0.182. The van der Waals surface area contributed by atoms with E-state index in [4.69, 9.17) is 23.2 Å². The molecule has 4 N–H and O–H groups in total. The van der Waals surface area contributed by atoms with Crippen molar-refractivity contribution in [2.75, 3.05) is 5.32 Å². The number of rotatable bonds is 6. The normalized spacial score (nSPS) is 17.9. The highest BCUT2D eigenvalue weighted by atomic mass is 35.5. The minimum atomic E-state index is -4.31. The van der Waals surface area contributed by atoms with E-state index in [0.29, 0.717) is 5.56 Å². The summed E-state index contributed by atoms with van der Waals surface area (Å²) in [6.45, 7) is 5.40. The fourth-order valence-corrected chi connectivity index (χ4v) is 5.08. The van der Waals surface area contributed by atoms with Crippen LogP contribution in [0.5, 0.6) is 0 Å². The van der Waals surface area contributed by atoms with Crippen LogP contribution < -0.4 is 16.0 Å². The van der Waals surface area contributed by atoms with Gasteiger partial charge < -0.3 is 20.9 Å². The van der Waals surface area contributed by atoms with Gasteiger partial charge in [0, 0.05) is 18.0 Å². The Labute approximate surface area is 242 Å². The molecule has 0 saturated heterocycles. The van der Waals surface area contributed by atoms with E-state index in [9.17, 15) is 31.5 Å². The molecule has 0 atom stereocenters. The van der Waals surface area contributed by atoms with Crippen LogP contribution in [0.4, 0.5) is 33.6 Å². The zero-order chi connectivity index (χ0) is 30.3. The van der Waals surface area contributed by atoms with Crippen LogP contribution in [0.2, 0.25) is 10.0 Å². The SMILES string of the molecule is CC(C)(C)C(=O)NCc1ccc(Cl)c(Nc2nc3c(F)c(F)c(C(=O)NC4CCC(C(F)(F)F)CC4)cc3[nH]2)c1Cl. The quantitative estimate of drug-likeness (QED) is 0.216. The maximum atomic E-state index is 14.9. The van der Waals surface area contributed by atoms with E-state index in [-0.39, 0.29) is 65.3 Å². The number of imidazole rings is 1. The molecule has 1 aromatic heterocycles. The minimum Gasteiger partial charge on any atom is -0.352 e. The van der Waals surface area contributed by atoms with Crippen LogP contribution in [0, 0.1) is 23.0 Å². The molecule has 0 radical (unpaired) electrons. The van der Waals surface area contributed by atoms with Gasteiger partial charge in [0.15, 0.2) is 11.6 Å². The molecule has 1 aliphatic rings. The van der Waals surface area contributed by atoms with Gasteiger partial charge in [0.2, 0.25) is 11.9 Å². The highest BCUT2D eigenvalue weighted by molar-refractivity contribution is 6.39. The molecule has 0 aliphatic heterocycles. The molecule has 1 heterocycles. The van der Waals surface area contributed by atoms with E-state index >= 15 is 0 Å². The van der Waals surface area contributed by atoms with Crippen LogP contribution in [0.25, 0.3) is 11.0 Å². The Kier molecular flexibility index (Phi) is 8.75. The number of hydrogen-bond donors (Lipinski definition) is 4. The van der Waals surface area contributed by atoms with Crippen molar-refractivity contribution in [3.05, 3.63) is 51.0 Å². The van der Waals surface area contributed by atoms with Gasteiger partial charge in [0.25, 0.3) is 5.91 Å². The Hall–Kier alpha value is -3.12. The predicted molar refractivity (Wildman–Crippen MR) is 146 cm³/mol. The number of anilines is 2. The highest BCUT2D eigenvalue weighted by Crippen LogP contribution is 2.38. The van der Waals surface area contributed by atoms with Crippen LogP contribution >= 0.6 is 23.2 Å². The third-order valence-corrected chi connectivity index (χ3v) is 7.71. The molecule has 0 spiro atoms. The molecule has 1 saturated carbocycles. The maximum Gasteiger partial charge on any atom is 0.391 e. The van der Waals surface area contributed by atoms with Gasteiger partial charge in [-0.25, -0.2) is 13.8 Å². The Balaban J connectivity index is 1.52. The lowest BCUT2D eigenvalue weighted by Gasteiger charge is -2.30. The molecule has 0 unspecified atom stereocenters. The number of nitrogens with one attached hydrogen (secondary N) is 4. The summed E-state index contributed by atoms with van der Waals surface area (Å²) in [6, 6.07) is 3.65. The standard InChI is InChI=1S/C27H28Cl2F5N5O2/c1-26(2,3)24(41)35-11-12-4-9-16(28)21(18(12)29)38-25-37-17-10-15(19(30)20(31)22(17)39-25)23(40)36-14-7-5-13(6-8-14)27(32,33)34/h4,9-10,13-14H,5-8,11H2,1-3H3,(H,35,41)(H,36,40)(H2,37,38,39). The zero-order valence-corrected chi connectivity index (χ0v) is 23.8. The Morgan fingerprint density at radius 2 is 1.71 bits per heavy atom. The van der Waals surface area contributed by atoms with Crippen molar-refractivity contribution in [2.45, 2.75) is 65.2 Å². The molecule has 4 rings (SSSR count). The summed E-state index contributed by atoms with van der Waals surface area (Å²) in [6.07, 6.45) is -4.48. The number of nitrogens with zero attached hydrogens (tertiary/aromatic N) is 1. The molecule has 7 nitrogen and oxygen atoms in total. The van der Waals surface area contributed by atoms with E-state index in [1.54, 1.807) is 32.9 Å². The second kappa shape index (κ2) is 11.6. The first kappa shape index (κ1) is 30.8. The number of amides is 2. The summed E-state index contributed by atoms with van der Waals surface area (Å²) in [7, 11) is 0.